The Morgan fingerprint density at radius 1 is 1.41 bits per heavy atom. The van der Waals surface area contributed by atoms with Crippen molar-refractivity contribution in [3.8, 4) is 10.8 Å². The fourth-order valence-corrected chi connectivity index (χ4v) is 2.78. The average Bonchev–Trinajstić information content (AvgIpc) is 3.02. The molecule has 0 radical (unpaired) electrons. The summed E-state index contributed by atoms with van der Waals surface area (Å²) in [4.78, 5) is 19.1. The molecule has 2 rings (SSSR count). The predicted molar refractivity (Wildman–Crippen MR) is 94.4 cm³/mol. The first-order chi connectivity index (χ1) is 9.43. The van der Waals surface area contributed by atoms with Crippen LogP contribution in [0.5, 0.6) is 0 Å². The van der Waals surface area contributed by atoms with Crippen LogP contribution in [0, 0.1) is 13.8 Å². The number of aromatic nitrogens is 1. The first-order valence-electron chi connectivity index (χ1n) is 6.45. The summed E-state index contributed by atoms with van der Waals surface area (Å²) in [5.74, 6) is 1.48. The van der Waals surface area contributed by atoms with Gasteiger partial charge in [-0.3, -0.25) is 4.79 Å². The van der Waals surface area contributed by atoms with E-state index in [0.29, 0.717) is 17.2 Å². The Bertz CT molecular complexity index is 627. The van der Waals surface area contributed by atoms with Crippen molar-refractivity contribution in [2.45, 2.75) is 26.8 Å². The molecule has 0 aromatic carbocycles. The Kier molecular flexibility index (Phi) is 8.11. The molecule has 2 heterocycles. The van der Waals surface area contributed by atoms with Gasteiger partial charge in [-0.15, -0.1) is 36.2 Å². The number of carbonyl (C=O) groups is 1. The van der Waals surface area contributed by atoms with Crippen molar-refractivity contribution in [2.24, 2.45) is 5.73 Å². The van der Waals surface area contributed by atoms with Crippen LogP contribution in [-0.4, -0.2) is 35.4 Å². The predicted octanol–water partition coefficient (Wildman–Crippen LogP) is 3.28. The van der Waals surface area contributed by atoms with E-state index in [1.807, 2.05) is 32.9 Å². The zero-order chi connectivity index (χ0) is 14.9. The highest BCUT2D eigenvalue weighted by Gasteiger charge is 2.22. The molecule has 0 saturated carbocycles. The molecule has 0 bridgehead atoms. The molecule has 1 unspecified atom stereocenters. The SMILES string of the molecule is Cc1ccc(-c2nc(C)c(C(=O)N(C)C(C)CN)s2)o1.Cl.Cl. The lowest BCUT2D eigenvalue weighted by Crippen LogP contribution is -2.39. The smallest absolute Gasteiger partial charge is 0.265 e. The van der Waals surface area contributed by atoms with Crippen LogP contribution in [0.15, 0.2) is 16.5 Å². The number of thiazole rings is 1. The van der Waals surface area contributed by atoms with Crippen molar-refractivity contribution in [2.75, 3.05) is 13.6 Å². The number of aryl methyl sites for hydroxylation is 2. The van der Waals surface area contributed by atoms with Gasteiger partial charge in [-0.2, -0.15) is 0 Å². The Balaban J connectivity index is 0.00000220. The molecule has 0 aliphatic rings. The van der Waals surface area contributed by atoms with Crippen LogP contribution in [0.2, 0.25) is 0 Å². The number of halogens is 2. The molecule has 124 valence electrons. The molecule has 2 aromatic heterocycles. The van der Waals surface area contributed by atoms with Gasteiger partial charge in [-0.1, -0.05) is 0 Å². The molecule has 0 aliphatic carbocycles. The number of hydrogen-bond acceptors (Lipinski definition) is 5. The standard InChI is InChI=1S/C14H19N3O2S.2ClH/c1-8(7-15)17(4)14(18)12-10(3)16-13(20-12)11-6-5-9(2)19-11;;/h5-6,8H,7,15H2,1-4H3;2*1H. The minimum atomic E-state index is -0.0486. The highest BCUT2D eigenvalue weighted by molar-refractivity contribution is 7.17. The molecule has 2 aromatic rings. The molecule has 0 spiro atoms. The quantitative estimate of drug-likeness (QED) is 0.901. The molecule has 0 saturated heterocycles. The van der Waals surface area contributed by atoms with E-state index in [-0.39, 0.29) is 36.8 Å². The van der Waals surface area contributed by atoms with Crippen LogP contribution < -0.4 is 5.73 Å². The zero-order valence-electron chi connectivity index (χ0n) is 13.0. The topological polar surface area (TPSA) is 72.4 Å². The Morgan fingerprint density at radius 3 is 2.55 bits per heavy atom. The minimum absolute atomic E-state index is 0. The van der Waals surface area contributed by atoms with Gasteiger partial charge in [0.1, 0.15) is 10.6 Å². The van der Waals surface area contributed by atoms with Crippen molar-refractivity contribution in [1.82, 2.24) is 9.88 Å². The fourth-order valence-electron chi connectivity index (χ4n) is 1.77. The van der Waals surface area contributed by atoms with Gasteiger partial charge in [0.25, 0.3) is 5.91 Å². The number of rotatable bonds is 4. The second-order valence-electron chi connectivity index (χ2n) is 4.84. The molecule has 8 heteroatoms. The number of carbonyl (C=O) groups excluding carboxylic acids is 1. The van der Waals surface area contributed by atoms with Gasteiger partial charge in [-0.25, -0.2) is 4.98 Å². The highest BCUT2D eigenvalue weighted by atomic mass is 35.5. The summed E-state index contributed by atoms with van der Waals surface area (Å²) in [6.45, 7) is 6.08. The molecule has 0 fully saturated rings. The molecule has 5 nitrogen and oxygen atoms in total. The van der Waals surface area contributed by atoms with Crippen molar-refractivity contribution in [1.29, 1.82) is 0 Å². The van der Waals surface area contributed by atoms with Crippen molar-refractivity contribution in [3.05, 3.63) is 28.5 Å². The summed E-state index contributed by atoms with van der Waals surface area (Å²) in [5, 5.41) is 0.729. The molecular weight excluding hydrogens is 345 g/mol. The number of furan rings is 1. The average molecular weight is 366 g/mol. The lowest BCUT2D eigenvalue weighted by Gasteiger charge is -2.23. The Labute approximate surface area is 146 Å². The minimum Gasteiger partial charge on any atom is -0.459 e. The number of amides is 1. The second-order valence-corrected chi connectivity index (χ2v) is 5.84. The molecular formula is C14H21Cl2N3O2S. The molecule has 2 N–H and O–H groups in total. The van der Waals surface area contributed by atoms with Crippen molar-refractivity contribution >= 4 is 42.1 Å². The monoisotopic (exact) mass is 365 g/mol. The van der Waals surface area contributed by atoms with Gasteiger partial charge in [0, 0.05) is 19.6 Å². The van der Waals surface area contributed by atoms with Crippen molar-refractivity contribution < 1.29 is 9.21 Å². The van der Waals surface area contributed by atoms with Gasteiger partial charge in [0.15, 0.2) is 10.8 Å². The largest absolute Gasteiger partial charge is 0.459 e. The van der Waals surface area contributed by atoms with Gasteiger partial charge in [-0.05, 0) is 32.9 Å². The number of nitrogens with two attached hydrogens (primary N) is 1. The summed E-state index contributed by atoms with van der Waals surface area (Å²) in [5.41, 5.74) is 6.33. The first kappa shape index (κ1) is 20.9. The molecule has 0 aliphatic heterocycles. The lowest BCUT2D eigenvalue weighted by atomic mass is 10.2. The summed E-state index contributed by atoms with van der Waals surface area (Å²) < 4.78 is 5.55. The third kappa shape index (κ3) is 4.23. The molecule has 1 amide bonds. The fraction of sp³-hybridized carbons (Fsp3) is 0.429. The van der Waals surface area contributed by atoms with E-state index in [4.69, 9.17) is 10.2 Å². The maximum absolute atomic E-state index is 12.4. The van der Waals surface area contributed by atoms with Gasteiger partial charge in [0.05, 0.1) is 5.69 Å². The normalized spacial score (nSPS) is 11.3. The van der Waals surface area contributed by atoms with Crippen LogP contribution in [0.25, 0.3) is 10.8 Å². The van der Waals surface area contributed by atoms with Crippen LogP contribution >= 0.6 is 36.2 Å². The van der Waals surface area contributed by atoms with E-state index < -0.39 is 0 Å². The van der Waals surface area contributed by atoms with Gasteiger partial charge in [0.2, 0.25) is 0 Å². The first-order valence-corrected chi connectivity index (χ1v) is 7.27. The van der Waals surface area contributed by atoms with E-state index in [9.17, 15) is 4.79 Å². The van der Waals surface area contributed by atoms with Crippen LogP contribution in [0.4, 0.5) is 0 Å². The van der Waals surface area contributed by atoms with E-state index >= 15 is 0 Å². The third-order valence-electron chi connectivity index (χ3n) is 3.26. The van der Waals surface area contributed by atoms with Crippen LogP contribution in [0.1, 0.15) is 28.0 Å². The van der Waals surface area contributed by atoms with E-state index in [1.54, 1.807) is 11.9 Å². The maximum atomic E-state index is 12.4. The summed E-state index contributed by atoms with van der Waals surface area (Å²) >= 11 is 1.35. The van der Waals surface area contributed by atoms with Gasteiger partial charge < -0.3 is 15.1 Å². The third-order valence-corrected chi connectivity index (χ3v) is 4.42. The van der Waals surface area contributed by atoms with Gasteiger partial charge >= 0.3 is 0 Å². The number of nitrogens with zero attached hydrogens (tertiary/aromatic N) is 2. The second kappa shape index (κ2) is 8.53. The molecule has 22 heavy (non-hydrogen) atoms. The molecule has 1 atom stereocenters. The Hall–Kier alpha value is -1.08. The number of hydrogen-bond donors (Lipinski definition) is 1. The Morgan fingerprint density at radius 2 is 2.05 bits per heavy atom. The van der Waals surface area contributed by atoms with E-state index in [1.165, 1.54) is 11.3 Å². The summed E-state index contributed by atoms with van der Waals surface area (Å²) in [6, 6.07) is 3.75. The number of likely N-dealkylation sites (N-methyl/N-ethyl adjacent to an activating group) is 1. The lowest BCUT2D eigenvalue weighted by molar-refractivity contribution is 0.0752. The highest BCUT2D eigenvalue weighted by Crippen LogP contribution is 2.30. The van der Waals surface area contributed by atoms with Crippen LogP contribution in [-0.2, 0) is 0 Å². The zero-order valence-corrected chi connectivity index (χ0v) is 15.4. The maximum Gasteiger partial charge on any atom is 0.265 e. The summed E-state index contributed by atoms with van der Waals surface area (Å²) in [7, 11) is 1.76. The van der Waals surface area contributed by atoms with E-state index in [2.05, 4.69) is 4.98 Å². The summed E-state index contributed by atoms with van der Waals surface area (Å²) in [6.07, 6.45) is 0. The van der Waals surface area contributed by atoms with Crippen LogP contribution in [0.3, 0.4) is 0 Å². The van der Waals surface area contributed by atoms with E-state index in [0.717, 1.165) is 16.5 Å². The van der Waals surface area contributed by atoms with Crippen molar-refractivity contribution in [3.63, 3.8) is 0 Å².